The Morgan fingerprint density at radius 3 is 2.59 bits per heavy atom. The molecule has 146 valence electrons. The predicted octanol–water partition coefficient (Wildman–Crippen LogP) is 2.38. The van der Waals surface area contributed by atoms with Gasteiger partial charge < -0.3 is 10.2 Å². The highest BCUT2D eigenvalue weighted by atomic mass is 35.5. The Morgan fingerprint density at radius 1 is 1.19 bits per heavy atom. The number of carbonyl (C=O) groups is 1. The van der Waals surface area contributed by atoms with Crippen LogP contribution in [-0.2, 0) is 0 Å². The molecule has 0 bridgehead atoms. The lowest BCUT2D eigenvalue weighted by atomic mass is 10.2. The smallest absolute Gasteiger partial charge is 0.257 e. The molecule has 2 fully saturated rings. The molecule has 1 aromatic heterocycles. The molecule has 2 aromatic rings. The van der Waals surface area contributed by atoms with Crippen molar-refractivity contribution in [3.63, 3.8) is 0 Å². The summed E-state index contributed by atoms with van der Waals surface area (Å²) in [6, 6.07) is 7.96. The minimum absolute atomic E-state index is 0. The molecular weight excluding hydrogens is 385 g/mol. The van der Waals surface area contributed by atoms with Crippen LogP contribution in [0.1, 0.15) is 22.5 Å². The molecule has 0 radical (unpaired) electrons. The van der Waals surface area contributed by atoms with E-state index in [1.54, 1.807) is 10.9 Å². The molecule has 27 heavy (non-hydrogen) atoms. The summed E-state index contributed by atoms with van der Waals surface area (Å²) in [4.78, 5) is 17.5. The Balaban J connectivity index is 0.00000210. The number of likely N-dealkylation sites (tertiary alicyclic amines) is 1. The monoisotopic (exact) mass is 409 g/mol. The van der Waals surface area contributed by atoms with E-state index in [0.29, 0.717) is 16.6 Å². The summed E-state index contributed by atoms with van der Waals surface area (Å²) < 4.78 is 1.80. The van der Waals surface area contributed by atoms with Gasteiger partial charge in [0.2, 0.25) is 0 Å². The highest BCUT2D eigenvalue weighted by Crippen LogP contribution is 2.22. The quantitative estimate of drug-likeness (QED) is 0.845. The second-order valence-corrected chi connectivity index (χ2v) is 7.45. The molecule has 6 nitrogen and oxygen atoms in total. The van der Waals surface area contributed by atoms with Crippen LogP contribution in [0, 0.1) is 6.92 Å². The van der Waals surface area contributed by atoms with Crippen LogP contribution in [-0.4, -0.2) is 70.8 Å². The van der Waals surface area contributed by atoms with Crippen molar-refractivity contribution in [3.8, 4) is 5.69 Å². The first-order valence-electron chi connectivity index (χ1n) is 9.18. The third-order valence-corrected chi connectivity index (χ3v) is 5.68. The minimum Gasteiger partial charge on any atom is -0.337 e. The number of piperazine rings is 1. The van der Waals surface area contributed by atoms with Crippen molar-refractivity contribution < 1.29 is 4.79 Å². The fourth-order valence-electron chi connectivity index (χ4n) is 3.90. The summed E-state index contributed by atoms with van der Waals surface area (Å²) in [6.45, 7) is 7.79. The number of nitrogens with one attached hydrogen (secondary N) is 1. The Bertz CT molecular complexity index is 786. The fraction of sp³-hybridized carbons (Fsp3) is 0.474. The summed E-state index contributed by atoms with van der Waals surface area (Å²) in [5.41, 5.74) is 2.45. The molecule has 3 heterocycles. The summed E-state index contributed by atoms with van der Waals surface area (Å²) in [6.07, 6.45) is 2.74. The van der Waals surface area contributed by atoms with E-state index in [0.717, 1.165) is 57.1 Å². The van der Waals surface area contributed by atoms with Gasteiger partial charge in [-0.1, -0.05) is 11.6 Å². The molecule has 0 spiro atoms. The number of hydrogen-bond acceptors (Lipinski definition) is 4. The molecule has 0 aliphatic carbocycles. The lowest BCUT2D eigenvalue weighted by Gasteiger charge is -2.32. The van der Waals surface area contributed by atoms with Crippen molar-refractivity contribution in [1.29, 1.82) is 0 Å². The van der Waals surface area contributed by atoms with Crippen LogP contribution in [0.3, 0.4) is 0 Å². The number of halogens is 2. The van der Waals surface area contributed by atoms with Gasteiger partial charge in [-0.3, -0.25) is 9.69 Å². The van der Waals surface area contributed by atoms with E-state index < -0.39 is 0 Å². The molecule has 1 amide bonds. The van der Waals surface area contributed by atoms with Gasteiger partial charge in [0.25, 0.3) is 5.91 Å². The maximum absolute atomic E-state index is 13.0. The second-order valence-electron chi connectivity index (χ2n) is 7.01. The minimum atomic E-state index is 0. The van der Waals surface area contributed by atoms with Crippen LogP contribution in [0.25, 0.3) is 5.69 Å². The Labute approximate surface area is 170 Å². The van der Waals surface area contributed by atoms with Crippen LogP contribution in [0.5, 0.6) is 0 Å². The number of carbonyl (C=O) groups excluding carboxylic acids is 1. The number of rotatable bonds is 3. The van der Waals surface area contributed by atoms with Gasteiger partial charge in [0.05, 0.1) is 23.1 Å². The van der Waals surface area contributed by atoms with Crippen LogP contribution in [0.2, 0.25) is 5.02 Å². The van der Waals surface area contributed by atoms with Gasteiger partial charge >= 0.3 is 0 Å². The Morgan fingerprint density at radius 2 is 1.89 bits per heavy atom. The number of amides is 1. The maximum Gasteiger partial charge on any atom is 0.257 e. The topological polar surface area (TPSA) is 53.4 Å². The first-order chi connectivity index (χ1) is 12.6. The zero-order valence-corrected chi connectivity index (χ0v) is 17.0. The number of hydrogen-bond donors (Lipinski definition) is 1. The Kier molecular flexibility index (Phi) is 6.42. The molecule has 2 aliphatic rings. The zero-order valence-electron chi connectivity index (χ0n) is 15.4. The molecular formula is C19H25Cl2N5O. The summed E-state index contributed by atoms with van der Waals surface area (Å²) in [5, 5.41) is 8.50. The van der Waals surface area contributed by atoms with Gasteiger partial charge in [0.1, 0.15) is 0 Å². The second kappa shape index (κ2) is 8.61. The average molecular weight is 410 g/mol. The fourth-order valence-corrected chi connectivity index (χ4v) is 4.03. The summed E-state index contributed by atoms with van der Waals surface area (Å²) in [5.74, 6) is 0.0837. The zero-order chi connectivity index (χ0) is 18.1. The van der Waals surface area contributed by atoms with Gasteiger partial charge in [-0.15, -0.1) is 12.4 Å². The van der Waals surface area contributed by atoms with Crippen molar-refractivity contribution in [1.82, 2.24) is 24.9 Å². The van der Waals surface area contributed by atoms with Gasteiger partial charge in [-0.2, -0.15) is 5.10 Å². The molecule has 2 saturated heterocycles. The normalized spacial score (nSPS) is 20.5. The Hall–Kier alpha value is -1.60. The van der Waals surface area contributed by atoms with E-state index in [9.17, 15) is 4.79 Å². The van der Waals surface area contributed by atoms with E-state index in [1.165, 1.54) is 0 Å². The lowest BCUT2D eigenvalue weighted by molar-refractivity contribution is 0.0772. The highest BCUT2D eigenvalue weighted by Gasteiger charge is 2.32. The molecule has 8 heteroatoms. The largest absolute Gasteiger partial charge is 0.337 e. The first-order valence-corrected chi connectivity index (χ1v) is 9.56. The van der Waals surface area contributed by atoms with Crippen molar-refractivity contribution in [3.05, 3.63) is 46.7 Å². The first kappa shape index (κ1) is 20.1. The standard InChI is InChI=1S/C19H24ClN5O.ClH/c1-14-18(12-22-25(14)16-4-2-15(20)3-5-16)19(26)24-9-6-17(13-24)23-10-7-21-8-11-23;/h2-5,12,17,21H,6-11,13H2,1H3;1H. The van der Waals surface area contributed by atoms with Crippen LogP contribution >= 0.6 is 24.0 Å². The summed E-state index contributed by atoms with van der Waals surface area (Å²) >= 11 is 5.96. The van der Waals surface area contributed by atoms with Crippen molar-refractivity contribution in [2.45, 2.75) is 19.4 Å². The van der Waals surface area contributed by atoms with E-state index in [4.69, 9.17) is 11.6 Å². The van der Waals surface area contributed by atoms with Gasteiger partial charge in [0.15, 0.2) is 0 Å². The highest BCUT2D eigenvalue weighted by molar-refractivity contribution is 6.30. The van der Waals surface area contributed by atoms with Crippen molar-refractivity contribution in [2.75, 3.05) is 39.3 Å². The lowest BCUT2D eigenvalue weighted by Crippen LogP contribution is -2.49. The van der Waals surface area contributed by atoms with Crippen LogP contribution in [0.15, 0.2) is 30.5 Å². The molecule has 1 N–H and O–H groups in total. The number of benzene rings is 1. The van der Waals surface area contributed by atoms with E-state index >= 15 is 0 Å². The van der Waals surface area contributed by atoms with E-state index in [-0.39, 0.29) is 18.3 Å². The number of aromatic nitrogens is 2. The van der Waals surface area contributed by atoms with E-state index in [1.807, 2.05) is 36.1 Å². The van der Waals surface area contributed by atoms with Crippen LogP contribution < -0.4 is 5.32 Å². The van der Waals surface area contributed by atoms with Gasteiger partial charge in [-0.05, 0) is 37.6 Å². The molecule has 2 aliphatic heterocycles. The predicted molar refractivity (Wildman–Crippen MR) is 109 cm³/mol. The van der Waals surface area contributed by atoms with Crippen molar-refractivity contribution >= 4 is 29.9 Å². The third kappa shape index (κ3) is 4.14. The van der Waals surface area contributed by atoms with Gasteiger partial charge in [-0.25, -0.2) is 4.68 Å². The molecule has 1 atom stereocenters. The van der Waals surface area contributed by atoms with Crippen molar-refractivity contribution in [2.24, 2.45) is 0 Å². The molecule has 0 saturated carbocycles. The molecule has 4 rings (SSSR count). The molecule has 1 aromatic carbocycles. The molecule has 1 unspecified atom stereocenters. The van der Waals surface area contributed by atoms with E-state index in [2.05, 4.69) is 15.3 Å². The third-order valence-electron chi connectivity index (χ3n) is 5.43. The van der Waals surface area contributed by atoms with Gasteiger partial charge in [0, 0.05) is 50.3 Å². The average Bonchev–Trinajstić information content (AvgIpc) is 3.30. The maximum atomic E-state index is 13.0. The summed E-state index contributed by atoms with van der Waals surface area (Å²) in [7, 11) is 0. The van der Waals surface area contributed by atoms with Crippen LogP contribution in [0.4, 0.5) is 0 Å². The number of nitrogens with zero attached hydrogens (tertiary/aromatic N) is 4. The SMILES string of the molecule is Cc1c(C(=O)N2CCC(N3CCNCC3)C2)cnn1-c1ccc(Cl)cc1.Cl.